The zero-order valence-corrected chi connectivity index (χ0v) is 10.7. The molecule has 1 aromatic carbocycles. The summed E-state index contributed by atoms with van der Waals surface area (Å²) in [6.07, 6.45) is 0.807. The number of hydrogen-bond donors (Lipinski definition) is 1. The van der Waals surface area contributed by atoms with Crippen molar-refractivity contribution in [2.75, 3.05) is 13.1 Å². The van der Waals surface area contributed by atoms with Crippen LogP contribution in [0.2, 0.25) is 0 Å². The lowest BCUT2D eigenvalue weighted by Gasteiger charge is -2.26. The van der Waals surface area contributed by atoms with Gasteiger partial charge in [-0.1, -0.05) is 15.9 Å². The zero-order valence-electron chi connectivity index (χ0n) is 9.15. The quantitative estimate of drug-likeness (QED) is 0.862. The smallest absolute Gasteiger partial charge is 0.257 e. The van der Waals surface area contributed by atoms with Crippen LogP contribution in [0.25, 0.3) is 0 Å². The van der Waals surface area contributed by atoms with Crippen LogP contribution in [0.5, 0.6) is 5.75 Å². The molecule has 1 N–H and O–H groups in total. The second-order valence-electron chi connectivity index (χ2n) is 3.99. The first-order valence-electron chi connectivity index (χ1n) is 5.37. The molecular weight excluding hydrogens is 286 g/mol. The highest BCUT2D eigenvalue weighted by molar-refractivity contribution is 9.10. The summed E-state index contributed by atoms with van der Waals surface area (Å²) in [6, 6.07) is 4.74. The number of aromatic hydroxyl groups is 1. The van der Waals surface area contributed by atoms with Gasteiger partial charge in [-0.25, -0.2) is 0 Å². The van der Waals surface area contributed by atoms with E-state index in [2.05, 4.69) is 15.9 Å². The lowest BCUT2D eigenvalue weighted by Crippen LogP contribution is -2.38. The molecule has 0 saturated carbocycles. The molecule has 0 atom stereocenters. The van der Waals surface area contributed by atoms with Gasteiger partial charge in [-0.2, -0.15) is 0 Å². The minimum absolute atomic E-state index is 0.0323. The van der Waals surface area contributed by atoms with Crippen molar-refractivity contribution in [3.63, 3.8) is 0 Å². The third-order valence-electron chi connectivity index (χ3n) is 2.80. The summed E-state index contributed by atoms with van der Waals surface area (Å²) in [6.45, 7) is 0.868. The molecule has 90 valence electrons. The van der Waals surface area contributed by atoms with E-state index in [-0.39, 0.29) is 23.0 Å². The minimum atomic E-state index is -0.226. The van der Waals surface area contributed by atoms with Crippen molar-refractivity contribution in [1.29, 1.82) is 0 Å². The fourth-order valence-electron chi connectivity index (χ4n) is 1.81. The molecule has 1 aromatic rings. The van der Waals surface area contributed by atoms with Crippen LogP contribution in [-0.4, -0.2) is 34.8 Å². The molecule has 17 heavy (non-hydrogen) atoms. The number of hydrogen-bond acceptors (Lipinski definition) is 3. The number of phenolic OH excluding ortho intramolecular Hbond substituents is 1. The van der Waals surface area contributed by atoms with E-state index in [9.17, 15) is 14.7 Å². The number of likely N-dealkylation sites (tertiary alicyclic amines) is 1. The van der Waals surface area contributed by atoms with E-state index in [1.165, 1.54) is 6.07 Å². The van der Waals surface area contributed by atoms with E-state index in [1.807, 2.05) is 0 Å². The van der Waals surface area contributed by atoms with Gasteiger partial charge >= 0.3 is 0 Å². The number of Topliss-reactive ketones (excluding diaryl/α,β-unsaturated/α-hetero) is 1. The Kier molecular flexibility index (Phi) is 3.47. The Labute approximate surface area is 107 Å². The molecule has 0 radical (unpaired) electrons. The number of rotatable bonds is 1. The van der Waals surface area contributed by atoms with E-state index in [0.717, 1.165) is 4.47 Å². The van der Waals surface area contributed by atoms with Gasteiger partial charge in [0.2, 0.25) is 0 Å². The van der Waals surface area contributed by atoms with E-state index >= 15 is 0 Å². The second-order valence-corrected chi connectivity index (χ2v) is 4.91. The summed E-state index contributed by atoms with van der Waals surface area (Å²) in [4.78, 5) is 24.8. The number of ketones is 1. The standard InChI is InChI=1S/C12H12BrNO3/c13-8-1-2-11(16)10(7-8)12(17)14-5-3-9(15)4-6-14/h1-2,7,16H,3-6H2. The van der Waals surface area contributed by atoms with E-state index in [4.69, 9.17) is 0 Å². The summed E-state index contributed by atoms with van der Waals surface area (Å²) < 4.78 is 0.742. The van der Waals surface area contributed by atoms with E-state index in [1.54, 1.807) is 17.0 Å². The minimum Gasteiger partial charge on any atom is -0.507 e. The van der Waals surface area contributed by atoms with Gasteiger partial charge in [-0.15, -0.1) is 0 Å². The third-order valence-corrected chi connectivity index (χ3v) is 3.29. The number of carbonyl (C=O) groups excluding carboxylic acids is 2. The van der Waals surface area contributed by atoms with Gasteiger partial charge in [0, 0.05) is 30.4 Å². The van der Waals surface area contributed by atoms with Gasteiger partial charge in [-0.3, -0.25) is 9.59 Å². The van der Waals surface area contributed by atoms with Gasteiger partial charge in [-0.05, 0) is 18.2 Å². The molecule has 1 saturated heterocycles. The highest BCUT2D eigenvalue weighted by atomic mass is 79.9. The van der Waals surface area contributed by atoms with Crippen LogP contribution >= 0.6 is 15.9 Å². The zero-order chi connectivity index (χ0) is 12.4. The second kappa shape index (κ2) is 4.87. The van der Waals surface area contributed by atoms with Crippen molar-refractivity contribution >= 4 is 27.6 Å². The normalized spacial score (nSPS) is 16.1. The van der Waals surface area contributed by atoms with Crippen molar-refractivity contribution in [3.8, 4) is 5.75 Å². The molecule has 5 heteroatoms. The number of carbonyl (C=O) groups is 2. The van der Waals surface area contributed by atoms with Crippen molar-refractivity contribution < 1.29 is 14.7 Å². The Morgan fingerprint density at radius 2 is 1.94 bits per heavy atom. The van der Waals surface area contributed by atoms with Gasteiger partial charge in [0.1, 0.15) is 11.5 Å². The Hall–Kier alpha value is -1.36. The first kappa shape index (κ1) is 12.1. The van der Waals surface area contributed by atoms with E-state index < -0.39 is 0 Å². The predicted molar refractivity (Wildman–Crippen MR) is 66.0 cm³/mol. The van der Waals surface area contributed by atoms with Crippen molar-refractivity contribution in [3.05, 3.63) is 28.2 Å². The molecule has 1 amide bonds. The largest absolute Gasteiger partial charge is 0.507 e. The first-order chi connectivity index (χ1) is 8.08. The molecule has 0 bridgehead atoms. The number of amides is 1. The summed E-state index contributed by atoms with van der Waals surface area (Å²) in [5, 5.41) is 9.65. The van der Waals surface area contributed by atoms with Crippen molar-refractivity contribution in [2.24, 2.45) is 0 Å². The lowest BCUT2D eigenvalue weighted by molar-refractivity contribution is -0.120. The fraction of sp³-hybridized carbons (Fsp3) is 0.333. The van der Waals surface area contributed by atoms with Gasteiger partial charge < -0.3 is 10.0 Å². The van der Waals surface area contributed by atoms with Gasteiger partial charge in [0.05, 0.1) is 5.56 Å². The van der Waals surface area contributed by atoms with Crippen LogP contribution in [0.1, 0.15) is 23.2 Å². The van der Waals surface area contributed by atoms with Crippen molar-refractivity contribution in [1.82, 2.24) is 4.90 Å². The highest BCUT2D eigenvalue weighted by Gasteiger charge is 2.23. The highest BCUT2D eigenvalue weighted by Crippen LogP contribution is 2.24. The van der Waals surface area contributed by atoms with Crippen LogP contribution in [0, 0.1) is 0 Å². The number of piperidine rings is 1. The number of phenols is 1. The maximum Gasteiger partial charge on any atom is 0.257 e. The third kappa shape index (κ3) is 2.66. The molecule has 1 aliphatic rings. The van der Waals surface area contributed by atoms with Crippen LogP contribution in [0.3, 0.4) is 0 Å². The van der Waals surface area contributed by atoms with Crippen LogP contribution < -0.4 is 0 Å². The predicted octanol–water partition coefficient (Wildman–Crippen LogP) is 1.96. The van der Waals surface area contributed by atoms with Crippen LogP contribution in [0.15, 0.2) is 22.7 Å². The maximum atomic E-state index is 12.1. The van der Waals surface area contributed by atoms with Crippen LogP contribution in [-0.2, 0) is 4.79 Å². The molecule has 0 aromatic heterocycles. The molecular formula is C12H12BrNO3. The number of benzene rings is 1. The van der Waals surface area contributed by atoms with Gasteiger partial charge in [0.15, 0.2) is 0 Å². The molecule has 2 rings (SSSR count). The SMILES string of the molecule is O=C1CCN(C(=O)c2cc(Br)ccc2O)CC1. The summed E-state index contributed by atoms with van der Waals surface area (Å²) in [7, 11) is 0. The maximum absolute atomic E-state index is 12.1. The molecule has 1 heterocycles. The summed E-state index contributed by atoms with van der Waals surface area (Å²) in [5.41, 5.74) is 0.272. The fourth-order valence-corrected chi connectivity index (χ4v) is 2.17. The molecule has 1 aliphatic heterocycles. The number of nitrogens with zero attached hydrogens (tertiary/aromatic N) is 1. The molecule has 4 nitrogen and oxygen atoms in total. The molecule has 0 aliphatic carbocycles. The first-order valence-corrected chi connectivity index (χ1v) is 6.17. The number of halogens is 1. The van der Waals surface area contributed by atoms with Crippen LogP contribution in [0.4, 0.5) is 0 Å². The Balaban J connectivity index is 2.19. The molecule has 1 fully saturated rings. The molecule has 0 unspecified atom stereocenters. The Bertz CT molecular complexity index is 463. The Morgan fingerprint density at radius 1 is 1.29 bits per heavy atom. The van der Waals surface area contributed by atoms with Crippen molar-refractivity contribution in [2.45, 2.75) is 12.8 Å². The Morgan fingerprint density at radius 3 is 2.59 bits per heavy atom. The average Bonchev–Trinajstić information content (AvgIpc) is 2.32. The summed E-state index contributed by atoms with van der Waals surface area (Å²) in [5.74, 6) is -0.0704. The average molecular weight is 298 g/mol. The lowest BCUT2D eigenvalue weighted by atomic mass is 10.1. The topological polar surface area (TPSA) is 57.6 Å². The summed E-state index contributed by atoms with van der Waals surface area (Å²) >= 11 is 3.26. The molecule has 0 spiro atoms. The van der Waals surface area contributed by atoms with Gasteiger partial charge in [0.25, 0.3) is 5.91 Å². The monoisotopic (exact) mass is 297 g/mol. The van der Waals surface area contributed by atoms with E-state index in [0.29, 0.717) is 25.9 Å².